The van der Waals surface area contributed by atoms with Crippen LogP contribution < -0.4 is 4.74 Å². The van der Waals surface area contributed by atoms with E-state index in [1.165, 1.54) is 11.3 Å². The molecule has 0 aliphatic heterocycles. The average Bonchev–Trinajstić information content (AvgIpc) is 2.89. The monoisotopic (exact) mass is 296 g/mol. The van der Waals surface area contributed by atoms with E-state index >= 15 is 0 Å². The van der Waals surface area contributed by atoms with Crippen LogP contribution >= 0.6 is 22.9 Å². The largest absolute Gasteiger partial charge is 0.496 e. The zero-order chi connectivity index (χ0) is 13.8. The van der Waals surface area contributed by atoms with Gasteiger partial charge in [0.15, 0.2) is 0 Å². The zero-order valence-electron chi connectivity index (χ0n) is 10.3. The maximum absolute atomic E-state index is 11.4. The fourth-order valence-electron chi connectivity index (χ4n) is 1.93. The van der Waals surface area contributed by atoms with Crippen LogP contribution in [0, 0.1) is 0 Å². The van der Waals surface area contributed by atoms with E-state index in [-0.39, 0.29) is 0 Å². The molecular weight excluding hydrogens is 284 g/mol. The third-order valence-electron chi connectivity index (χ3n) is 2.85. The molecule has 100 valence electrons. The molecule has 0 bridgehead atoms. The van der Waals surface area contributed by atoms with Gasteiger partial charge in [-0.05, 0) is 41.6 Å². The maximum Gasteiger partial charge on any atom is 0.312 e. The summed E-state index contributed by atoms with van der Waals surface area (Å²) in [6, 6.07) is 8.92. The summed E-state index contributed by atoms with van der Waals surface area (Å²) in [7, 11) is 1.56. The van der Waals surface area contributed by atoms with Crippen molar-refractivity contribution in [1.82, 2.24) is 0 Å². The SMILES string of the molecule is COc1ccc(Cl)cc1CC(C(=O)O)c1cccs1. The van der Waals surface area contributed by atoms with Crippen LogP contribution in [0.2, 0.25) is 5.02 Å². The van der Waals surface area contributed by atoms with Gasteiger partial charge in [0, 0.05) is 9.90 Å². The van der Waals surface area contributed by atoms with Crippen molar-refractivity contribution >= 4 is 28.9 Å². The Morgan fingerprint density at radius 3 is 2.84 bits per heavy atom. The second-order valence-electron chi connectivity index (χ2n) is 4.07. The molecular formula is C14H13ClO3S. The number of benzene rings is 1. The molecule has 1 unspecified atom stereocenters. The number of rotatable bonds is 5. The Bertz CT molecular complexity index is 566. The number of methoxy groups -OCH3 is 1. The van der Waals surface area contributed by atoms with Crippen LogP contribution in [0.3, 0.4) is 0 Å². The average molecular weight is 297 g/mol. The second-order valence-corrected chi connectivity index (χ2v) is 5.48. The minimum Gasteiger partial charge on any atom is -0.496 e. The van der Waals surface area contributed by atoms with Crippen LogP contribution in [-0.2, 0) is 11.2 Å². The highest BCUT2D eigenvalue weighted by molar-refractivity contribution is 7.10. The van der Waals surface area contributed by atoms with Gasteiger partial charge in [-0.2, -0.15) is 0 Å². The molecule has 0 saturated carbocycles. The van der Waals surface area contributed by atoms with Crippen LogP contribution in [0.1, 0.15) is 16.4 Å². The number of carbonyl (C=O) groups is 1. The number of carboxylic acid groups (broad SMARTS) is 1. The van der Waals surface area contributed by atoms with Crippen LogP contribution in [-0.4, -0.2) is 18.2 Å². The highest BCUT2D eigenvalue weighted by Gasteiger charge is 2.23. The van der Waals surface area contributed by atoms with Gasteiger partial charge in [-0.15, -0.1) is 11.3 Å². The van der Waals surface area contributed by atoms with Crippen molar-refractivity contribution in [3.8, 4) is 5.75 Å². The Morgan fingerprint density at radius 1 is 1.47 bits per heavy atom. The minimum atomic E-state index is -0.843. The predicted octanol–water partition coefficient (Wildman–Crippen LogP) is 3.82. The number of thiophene rings is 1. The Morgan fingerprint density at radius 2 is 2.26 bits per heavy atom. The summed E-state index contributed by atoms with van der Waals surface area (Å²) < 4.78 is 5.25. The van der Waals surface area contributed by atoms with Gasteiger partial charge in [-0.3, -0.25) is 4.79 Å². The minimum absolute atomic E-state index is 0.361. The van der Waals surface area contributed by atoms with Gasteiger partial charge in [-0.25, -0.2) is 0 Å². The first-order valence-corrected chi connectivity index (χ1v) is 6.96. The Balaban J connectivity index is 2.32. The molecule has 5 heteroatoms. The van der Waals surface area contributed by atoms with E-state index in [1.807, 2.05) is 17.5 Å². The summed E-state index contributed by atoms with van der Waals surface area (Å²) in [5, 5.41) is 11.8. The van der Waals surface area contributed by atoms with Gasteiger partial charge in [0.05, 0.1) is 13.0 Å². The summed E-state index contributed by atoms with van der Waals surface area (Å²) in [5.41, 5.74) is 0.802. The fraction of sp³-hybridized carbons (Fsp3) is 0.214. The topological polar surface area (TPSA) is 46.5 Å². The predicted molar refractivity (Wildman–Crippen MR) is 76.4 cm³/mol. The Hall–Kier alpha value is -1.52. The highest BCUT2D eigenvalue weighted by Crippen LogP contribution is 2.31. The number of hydrogen-bond donors (Lipinski definition) is 1. The van der Waals surface area contributed by atoms with Crippen LogP contribution in [0.5, 0.6) is 5.75 Å². The van der Waals surface area contributed by atoms with Crippen LogP contribution in [0.4, 0.5) is 0 Å². The lowest BCUT2D eigenvalue weighted by Gasteiger charge is -2.14. The van der Waals surface area contributed by atoms with Crippen molar-refractivity contribution in [3.05, 3.63) is 51.2 Å². The first-order valence-electron chi connectivity index (χ1n) is 5.70. The lowest BCUT2D eigenvalue weighted by Crippen LogP contribution is -2.13. The lowest BCUT2D eigenvalue weighted by molar-refractivity contribution is -0.138. The summed E-state index contributed by atoms with van der Waals surface area (Å²) in [4.78, 5) is 12.2. The van der Waals surface area contributed by atoms with Crippen molar-refractivity contribution in [2.24, 2.45) is 0 Å². The molecule has 2 aromatic rings. The van der Waals surface area contributed by atoms with Gasteiger partial charge in [0.25, 0.3) is 0 Å². The third-order valence-corrected chi connectivity index (χ3v) is 4.07. The Kier molecular flexibility index (Phi) is 4.45. The van der Waals surface area contributed by atoms with E-state index in [0.717, 1.165) is 10.4 Å². The molecule has 0 aliphatic carbocycles. The molecule has 0 amide bonds. The summed E-state index contributed by atoms with van der Waals surface area (Å²) in [5.74, 6) is -0.760. The van der Waals surface area contributed by atoms with Crippen LogP contribution in [0.15, 0.2) is 35.7 Å². The highest BCUT2D eigenvalue weighted by atomic mass is 35.5. The van der Waals surface area contributed by atoms with Gasteiger partial charge in [0.1, 0.15) is 5.75 Å². The molecule has 0 fully saturated rings. The number of carboxylic acids is 1. The quantitative estimate of drug-likeness (QED) is 0.912. The van der Waals surface area contributed by atoms with Crippen molar-refractivity contribution < 1.29 is 14.6 Å². The molecule has 0 spiro atoms. The zero-order valence-corrected chi connectivity index (χ0v) is 11.9. The third kappa shape index (κ3) is 3.28. The van der Waals surface area contributed by atoms with Crippen molar-refractivity contribution in [2.45, 2.75) is 12.3 Å². The first-order chi connectivity index (χ1) is 9.11. The van der Waals surface area contributed by atoms with Gasteiger partial charge < -0.3 is 9.84 Å². The molecule has 2 rings (SSSR count). The van der Waals surface area contributed by atoms with Gasteiger partial charge >= 0.3 is 5.97 Å². The normalized spacial score (nSPS) is 12.1. The van der Waals surface area contributed by atoms with E-state index in [2.05, 4.69) is 0 Å². The van der Waals surface area contributed by atoms with E-state index in [9.17, 15) is 9.90 Å². The Labute approximate surface area is 120 Å². The summed E-state index contributed by atoms with van der Waals surface area (Å²) >= 11 is 7.40. The van der Waals surface area contributed by atoms with Crippen LogP contribution in [0.25, 0.3) is 0 Å². The van der Waals surface area contributed by atoms with E-state index in [4.69, 9.17) is 16.3 Å². The molecule has 19 heavy (non-hydrogen) atoms. The fourth-order valence-corrected chi connectivity index (χ4v) is 2.94. The van der Waals surface area contributed by atoms with Crippen molar-refractivity contribution in [1.29, 1.82) is 0 Å². The summed E-state index contributed by atoms with van der Waals surface area (Å²) in [6.07, 6.45) is 0.361. The number of aliphatic carboxylic acids is 1. The maximum atomic E-state index is 11.4. The molecule has 1 atom stereocenters. The smallest absolute Gasteiger partial charge is 0.312 e. The molecule has 1 aromatic heterocycles. The van der Waals surface area contributed by atoms with E-state index in [0.29, 0.717) is 17.2 Å². The summed E-state index contributed by atoms with van der Waals surface area (Å²) in [6.45, 7) is 0. The molecule has 1 heterocycles. The lowest BCUT2D eigenvalue weighted by atomic mass is 9.97. The van der Waals surface area contributed by atoms with Crippen molar-refractivity contribution in [2.75, 3.05) is 7.11 Å². The molecule has 0 radical (unpaired) electrons. The standard InChI is InChI=1S/C14H13ClO3S/c1-18-12-5-4-10(15)7-9(12)8-11(14(16)17)13-3-2-6-19-13/h2-7,11H,8H2,1H3,(H,16,17). The van der Waals surface area contributed by atoms with Crippen molar-refractivity contribution in [3.63, 3.8) is 0 Å². The van der Waals surface area contributed by atoms with E-state index < -0.39 is 11.9 Å². The molecule has 0 aliphatic rings. The molecule has 1 N–H and O–H groups in total. The number of ether oxygens (including phenoxy) is 1. The van der Waals surface area contributed by atoms with Gasteiger partial charge in [-0.1, -0.05) is 17.7 Å². The first kappa shape index (κ1) is 13.9. The molecule has 1 aromatic carbocycles. The molecule has 0 saturated heterocycles. The van der Waals surface area contributed by atoms with E-state index in [1.54, 1.807) is 25.3 Å². The molecule has 3 nitrogen and oxygen atoms in total. The number of hydrogen-bond acceptors (Lipinski definition) is 3. The second kappa shape index (κ2) is 6.08. The number of halogens is 1. The van der Waals surface area contributed by atoms with Gasteiger partial charge in [0.2, 0.25) is 0 Å².